The number of nitrogens with zero attached hydrogens (tertiary/aromatic N) is 1. The van der Waals surface area contributed by atoms with Crippen LogP contribution >= 0.6 is 39.1 Å². The van der Waals surface area contributed by atoms with E-state index < -0.39 is 0 Å². The number of nitrogens with one attached hydrogen (secondary N) is 1. The lowest BCUT2D eigenvalue weighted by atomic mass is 10.0. The number of likely N-dealkylation sites (N-methyl/N-ethyl adjacent to an activating group) is 1. The number of hydrogen-bond acceptors (Lipinski definition) is 2. The minimum atomic E-state index is -0.0494. The molecule has 3 rings (SSSR count). The van der Waals surface area contributed by atoms with E-state index in [4.69, 9.17) is 23.2 Å². The number of allylic oxidation sites excluding steroid dienone is 2. The second kappa shape index (κ2) is 9.27. The number of fused-ring (bicyclic) bond motifs is 1. The fourth-order valence-corrected chi connectivity index (χ4v) is 4.13. The molecule has 0 unspecified atom stereocenters. The highest BCUT2D eigenvalue weighted by Crippen LogP contribution is 2.35. The highest BCUT2D eigenvalue weighted by atomic mass is 79.9. The van der Waals surface area contributed by atoms with Gasteiger partial charge in [0, 0.05) is 27.6 Å². The number of halogens is 3. The molecule has 1 aliphatic rings. The van der Waals surface area contributed by atoms with Crippen LogP contribution in [0.5, 0.6) is 0 Å². The summed E-state index contributed by atoms with van der Waals surface area (Å²) in [6.45, 7) is 1.39. The molecule has 0 aromatic heterocycles. The number of carbonyl (C=O) groups excluding carboxylic acids is 1. The summed E-state index contributed by atoms with van der Waals surface area (Å²) in [5, 5.41) is 4.20. The van der Waals surface area contributed by atoms with Crippen LogP contribution in [0.4, 0.5) is 0 Å². The molecule has 6 heteroatoms. The molecule has 0 saturated heterocycles. The zero-order valence-electron chi connectivity index (χ0n) is 15.7. The van der Waals surface area contributed by atoms with Crippen LogP contribution in [0.2, 0.25) is 10.0 Å². The normalized spacial score (nSPS) is 13.5. The van der Waals surface area contributed by atoms with Gasteiger partial charge in [0.15, 0.2) is 0 Å². The highest BCUT2D eigenvalue weighted by Gasteiger charge is 2.25. The Labute approximate surface area is 184 Å². The molecule has 0 fully saturated rings. The van der Waals surface area contributed by atoms with Gasteiger partial charge < -0.3 is 10.2 Å². The number of benzene rings is 2. The number of hydrogen-bond donors (Lipinski definition) is 1. The van der Waals surface area contributed by atoms with Gasteiger partial charge in [-0.15, -0.1) is 0 Å². The van der Waals surface area contributed by atoms with Gasteiger partial charge in [0.2, 0.25) is 0 Å². The van der Waals surface area contributed by atoms with Crippen molar-refractivity contribution in [2.45, 2.75) is 6.42 Å². The first-order valence-electron chi connectivity index (χ1n) is 8.92. The summed E-state index contributed by atoms with van der Waals surface area (Å²) in [6, 6.07) is 11.4. The Bertz CT molecular complexity index is 947. The average Bonchev–Trinajstić information content (AvgIpc) is 2.96. The van der Waals surface area contributed by atoms with Crippen molar-refractivity contribution in [3.8, 4) is 0 Å². The van der Waals surface area contributed by atoms with Gasteiger partial charge in [-0.2, -0.15) is 0 Å². The van der Waals surface area contributed by atoms with Crippen LogP contribution in [0.1, 0.15) is 16.7 Å². The van der Waals surface area contributed by atoms with E-state index in [1.165, 1.54) is 0 Å². The summed E-state index contributed by atoms with van der Waals surface area (Å²) >= 11 is 15.7. The predicted octanol–water partition coefficient (Wildman–Crippen LogP) is 5.46. The molecule has 0 radical (unpaired) electrons. The van der Waals surface area contributed by atoms with Crippen LogP contribution < -0.4 is 5.32 Å². The molecule has 1 N–H and O–H groups in total. The summed E-state index contributed by atoms with van der Waals surface area (Å²) in [5.41, 5.74) is 4.72. The SMILES string of the molecule is CN(C)CCNC(=O)C1=C(/C=C/c2cc(Cl)cc(Cl)c2)Cc2cc(Br)ccc21. The molecule has 0 heterocycles. The Morgan fingerprint density at radius 2 is 1.86 bits per heavy atom. The molecule has 3 nitrogen and oxygen atoms in total. The van der Waals surface area contributed by atoms with Gasteiger partial charge in [0.25, 0.3) is 5.91 Å². The Kier molecular flexibility index (Phi) is 7.00. The lowest BCUT2D eigenvalue weighted by Crippen LogP contribution is -2.31. The number of amides is 1. The van der Waals surface area contributed by atoms with E-state index in [0.717, 1.165) is 38.9 Å². The number of rotatable bonds is 6. The molecule has 146 valence electrons. The number of carbonyl (C=O) groups is 1. The van der Waals surface area contributed by atoms with Crippen LogP contribution in [0.25, 0.3) is 11.6 Å². The van der Waals surface area contributed by atoms with E-state index in [2.05, 4.69) is 27.3 Å². The van der Waals surface area contributed by atoms with E-state index >= 15 is 0 Å². The fraction of sp³-hybridized carbons (Fsp3) is 0.227. The Balaban J connectivity index is 1.92. The summed E-state index contributed by atoms with van der Waals surface area (Å²) in [5.74, 6) is -0.0494. The van der Waals surface area contributed by atoms with Gasteiger partial charge >= 0.3 is 0 Å². The van der Waals surface area contributed by atoms with Crippen molar-refractivity contribution in [2.24, 2.45) is 0 Å². The van der Waals surface area contributed by atoms with Crippen molar-refractivity contribution in [1.29, 1.82) is 0 Å². The van der Waals surface area contributed by atoms with Crippen molar-refractivity contribution < 1.29 is 4.79 Å². The third-order valence-corrected chi connectivity index (χ3v) is 5.40. The van der Waals surface area contributed by atoms with Crippen LogP contribution in [0, 0.1) is 0 Å². The molecule has 1 aliphatic carbocycles. The maximum atomic E-state index is 12.9. The van der Waals surface area contributed by atoms with Crippen molar-refractivity contribution >= 4 is 56.7 Å². The predicted molar refractivity (Wildman–Crippen MR) is 122 cm³/mol. The Morgan fingerprint density at radius 1 is 1.14 bits per heavy atom. The summed E-state index contributed by atoms with van der Waals surface area (Å²) < 4.78 is 1.01. The third-order valence-electron chi connectivity index (χ3n) is 4.47. The van der Waals surface area contributed by atoms with Crippen LogP contribution in [-0.2, 0) is 11.2 Å². The molecule has 1 amide bonds. The first kappa shape index (κ1) is 21.1. The molecular weight excluding hydrogens is 459 g/mol. The minimum absolute atomic E-state index is 0.0494. The van der Waals surface area contributed by atoms with E-state index in [1.54, 1.807) is 6.07 Å². The van der Waals surface area contributed by atoms with Gasteiger partial charge in [-0.25, -0.2) is 0 Å². The maximum absolute atomic E-state index is 12.9. The summed E-state index contributed by atoms with van der Waals surface area (Å²) in [4.78, 5) is 15.0. The standard InChI is InChI=1S/C22H21BrCl2N2O/c1-27(2)8-7-26-22(28)21-15(11-16-12-17(23)5-6-20(16)21)4-3-14-9-18(24)13-19(25)10-14/h3-6,9-10,12-13H,7-8,11H2,1-2H3,(H,26,28)/b4-3+. The zero-order chi connectivity index (χ0) is 20.3. The Hall–Kier alpha value is -1.59. The monoisotopic (exact) mass is 478 g/mol. The molecule has 0 saturated carbocycles. The minimum Gasteiger partial charge on any atom is -0.351 e. The van der Waals surface area contributed by atoms with Crippen molar-refractivity contribution in [3.05, 3.63) is 79.3 Å². The molecule has 2 aromatic rings. The van der Waals surface area contributed by atoms with Gasteiger partial charge in [-0.05, 0) is 73.1 Å². The van der Waals surface area contributed by atoms with Crippen LogP contribution in [-0.4, -0.2) is 38.0 Å². The molecule has 0 atom stereocenters. The maximum Gasteiger partial charge on any atom is 0.252 e. The molecule has 0 bridgehead atoms. The van der Waals surface area contributed by atoms with Crippen LogP contribution in [0.3, 0.4) is 0 Å². The van der Waals surface area contributed by atoms with E-state index in [1.807, 2.05) is 55.4 Å². The average molecular weight is 480 g/mol. The van der Waals surface area contributed by atoms with Gasteiger partial charge in [-0.3, -0.25) is 4.79 Å². The van der Waals surface area contributed by atoms with Crippen molar-refractivity contribution in [2.75, 3.05) is 27.2 Å². The van der Waals surface area contributed by atoms with Gasteiger partial charge in [-0.1, -0.05) is 57.4 Å². The van der Waals surface area contributed by atoms with Crippen molar-refractivity contribution in [3.63, 3.8) is 0 Å². The first-order chi connectivity index (χ1) is 13.3. The van der Waals surface area contributed by atoms with Crippen molar-refractivity contribution in [1.82, 2.24) is 10.2 Å². The first-order valence-corrected chi connectivity index (χ1v) is 10.5. The highest BCUT2D eigenvalue weighted by molar-refractivity contribution is 9.10. The molecule has 0 spiro atoms. The quantitative estimate of drug-likeness (QED) is 0.596. The summed E-state index contributed by atoms with van der Waals surface area (Å²) in [7, 11) is 3.97. The zero-order valence-corrected chi connectivity index (χ0v) is 18.8. The summed E-state index contributed by atoms with van der Waals surface area (Å²) in [6.07, 6.45) is 4.63. The topological polar surface area (TPSA) is 32.3 Å². The smallest absolute Gasteiger partial charge is 0.252 e. The largest absolute Gasteiger partial charge is 0.351 e. The second-order valence-corrected chi connectivity index (χ2v) is 8.76. The van der Waals surface area contributed by atoms with E-state index in [0.29, 0.717) is 23.0 Å². The van der Waals surface area contributed by atoms with Crippen LogP contribution in [0.15, 0.2) is 52.5 Å². The lowest BCUT2D eigenvalue weighted by Gasteiger charge is -2.12. The van der Waals surface area contributed by atoms with E-state index in [9.17, 15) is 4.79 Å². The lowest BCUT2D eigenvalue weighted by molar-refractivity contribution is -0.115. The molecule has 2 aromatic carbocycles. The molecular formula is C22H21BrCl2N2O. The van der Waals surface area contributed by atoms with E-state index in [-0.39, 0.29) is 5.91 Å². The Morgan fingerprint density at radius 3 is 2.54 bits per heavy atom. The second-order valence-electron chi connectivity index (χ2n) is 6.97. The van der Waals surface area contributed by atoms with Gasteiger partial charge in [0.05, 0.1) is 5.57 Å². The fourth-order valence-electron chi connectivity index (χ4n) is 3.18. The van der Waals surface area contributed by atoms with Gasteiger partial charge in [0.1, 0.15) is 0 Å². The molecule has 28 heavy (non-hydrogen) atoms. The third kappa shape index (κ3) is 5.26. The molecule has 0 aliphatic heterocycles.